The summed E-state index contributed by atoms with van der Waals surface area (Å²) in [4.78, 5) is 0. The highest BCUT2D eigenvalue weighted by Gasteiger charge is 2.17. The average Bonchev–Trinajstić information content (AvgIpc) is 2.78. The van der Waals surface area contributed by atoms with Gasteiger partial charge in [0.15, 0.2) is 11.5 Å². The molecule has 2 aromatic heterocycles. The maximum absolute atomic E-state index is 10.1. The van der Waals surface area contributed by atoms with Gasteiger partial charge in [0.1, 0.15) is 6.28 Å². The summed E-state index contributed by atoms with van der Waals surface area (Å²) >= 11 is 15.4. The fourth-order valence-corrected chi connectivity index (χ4v) is 6.57. The molecule has 3 rings (SSSR count). The molecule has 8 heteroatoms. The van der Waals surface area contributed by atoms with Crippen molar-refractivity contribution in [1.82, 2.24) is 0 Å². The molecule has 0 fully saturated rings. The summed E-state index contributed by atoms with van der Waals surface area (Å²) in [6.07, 6.45) is 0. The van der Waals surface area contributed by atoms with Crippen molar-refractivity contribution in [2.75, 3.05) is 0 Å². The Morgan fingerprint density at radius 3 is 1.12 bits per heavy atom. The van der Waals surface area contributed by atoms with Crippen molar-refractivity contribution in [3.8, 4) is 11.5 Å². The van der Waals surface area contributed by atoms with Crippen molar-refractivity contribution in [2.45, 2.75) is 0 Å². The molecule has 2 N–H and O–H groups in total. The highest BCUT2D eigenvalue weighted by molar-refractivity contribution is 7.77. The van der Waals surface area contributed by atoms with Crippen molar-refractivity contribution in [3.63, 3.8) is 0 Å². The zero-order valence-electron chi connectivity index (χ0n) is 7.34. The highest BCUT2D eigenvalue weighted by Crippen LogP contribution is 2.50. The van der Waals surface area contributed by atoms with Gasteiger partial charge in [-0.2, -0.15) is 0 Å². The van der Waals surface area contributed by atoms with Crippen LogP contribution in [0.4, 0.5) is 0 Å². The average molecular weight is 323 g/mol. The fourth-order valence-electron chi connectivity index (χ4n) is 1.39. The zero-order valence-corrected chi connectivity index (χ0v) is 12.2. The maximum Gasteiger partial charge on any atom is 0.153 e. The topological polar surface area (TPSA) is 40.5 Å². The summed E-state index contributed by atoms with van der Waals surface area (Å²) in [5.41, 5.74) is 0. The van der Waals surface area contributed by atoms with Gasteiger partial charge in [0.25, 0.3) is 0 Å². The van der Waals surface area contributed by atoms with Gasteiger partial charge < -0.3 is 10.2 Å². The molecular weight excluding hydrogens is 320 g/mol. The molecule has 0 radical (unpaired) electrons. The Kier molecular flexibility index (Phi) is 2.54. The third-order valence-electron chi connectivity index (χ3n) is 2.01. The Morgan fingerprint density at radius 1 is 0.625 bits per heavy atom. The van der Waals surface area contributed by atoms with Gasteiger partial charge in [0, 0.05) is 0 Å². The lowest BCUT2D eigenvalue weighted by Gasteiger charge is -1.99. The first kappa shape index (κ1) is 11.0. The molecule has 0 unspecified atom stereocenters. The van der Waals surface area contributed by atoms with E-state index in [0.29, 0.717) is 25.1 Å². The summed E-state index contributed by atoms with van der Waals surface area (Å²) in [7, 11) is 0. The number of aromatic hydroxyl groups is 2. The summed E-state index contributed by atoms with van der Waals surface area (Å²) in [5.74, 6) is 0.384. The van der Waals surface area contributed by atoms with Gasteiger partial charge in [-0.3, -0.25) is 0 Å². The van der Waals surface area contributed by atoms with E-state index in [1.807, 2.05) is 0 Å². The van der Waals surface area contributed by atoms with Crippen LogP contribution in [-0.4, -0.2) is 10.2 Å². The summed E-state index contributed by atoms with van der Waals surface area (Å²) in [5, 5.41) is 20.2. The van der Waals surface area contributed by atoms with Crippen LogP contribution in [0.2, 0.25) is 0 Å². The van der Waals surface area contributed by atoms with Gasteiger partial charge >= 0.3 is 0 Å². The minimum Gasteiger partial charge on any atom is -0.505 e. The van der Waals surface area contributed by atoms with E-state index in [4.69, 9.17) is 24.4 Å². The number of hydrogen-bond acceptors (Lipinski definition) is 8. The van der Waals surface area contributed by atoms with Gasteiger partial charge in [-0.05, 0) is 0 Å². The van der Waals surface area contributed by atoms with Crippen LogP contribution in [0.1, 0.15) is 0 Å². The van der Waals surface area contributed by atoms with Crippen LogP contribution in [0.25, 0.3) is 18.8 Å². The monoisotopic (exact) mass is 322 g/mol. The first-order chi connectivity index (χ1) is 7.58. The number of rotatable bonds is 0. The van der Waals surface area contributed by atoms with E-state index in [1.165, 1.54) is 45.3 Å². The first-order valence-corrected chi connectivity index (χ1v) is 8.07. The quantitative estimate of drug-likeness (QED) is 0.446. The predicted octanol–water partition coefficient (Wildman–Crippen LogP) is 5.11. The van der Waals surface area contributed by atoms with Gasteiger partial charge in [0.2, 0.25) is 0 Å². The third-order valence-corrected chi connectivity index (χ3v) is 7.35. The molecule has 3 aromatic rings. The van der Waals surface area contributed by atoms with Gasteiger partial charge in [-0.25, -0.2) is 0 Å². The van der Waals surface area contributed by atoms with E-state index in [0.717, 1.165) is 0 Å². The minimum absolute atomic E-state index is 0.192. The Labute approximate surface area is 116 Å². The fraction of sp³-hybridized carbons (Fsp3) is 0. The number of hydrogen-bond donors (Lipinski definition) is 2. The lowest BCUT2D eigenvalue weighted by molar-refractivity contribution is 0.481. The molecule has 0 amide bonds. The number of phenolic OH excluding ortho intramolecular Hbond substituents is 2. The number of phenols is 2. The molecule has 82 valence electrons. The van der Waals surface area contributed by atoms with Crippen LogP contribution >= 0.6 is 69.8 Å². The molecule has 0 aliphatic rings. The van der Waals surface area contributed by atoms with E-state index in [-0.39, 0.29) is 11.5 Å². The standard InChI is InChI=1S/C8H2O2S6/c9-1-3-5(15-7(11)13-3)2(10)6-4(1)14-8(12)16-6/h9-10H. The van der Waals surface area contributed by atoms with Crippen LogP contribution in [-0.2, 0) is 0 Å². The Balaban J connectivity index is 2.74. The summed E-state index contributed by atoms with van der Waals surface area (Å²) in [6, 6.07) is 0. The molecule has 1 aromatic carbocycles. The molecule has 0 atom stereocenters. The molecule has 0 bridgehead atoms. The Hall–Kier alpha value is -0.120. The smallest absolute Gasteiger partial charge is 0.153 e. The van der Waals surface area contributed by atoms with Crippen molar-refractivity contribution in [1.29, 1.82) is 0 Å². The van der Waals surface area contributed by atoms with E-state index in [2.05, 4.69) is 0 Å². The normalized spacial score (nSPS) is 11.5. The summed E-state index contributed by atoms with van der Waals surface area (Å²) in [6.45, 7) is 0. The van der Waals surface area contributed by atoms with Gasteiger partial charge in [0.05, 0.1) is 18.8 Å². The zero-order chi connectivity index (χ0) is 11.4. The molecular formula is C8H2O2S6. The van der Waals surface area contributed by atoms with E-state index >= 15 is 0 Å². The molecule has 0 saturated heterocycles. The van der Waals surface area contributed by atoms with E-state index < -0.39 is 0 Å². The Morgan fingerprint density at radius 2 is 0.875 bits per heavy atom. The van der Waals surface area contributed by atoms with Crippen molar-refractivity contribution in [3.05, 3.63) is 6.28 Å². The first-order valence-electron chi connectivity index (χ1n) is 3.99. The second kappa shape index (κ2) is 3.69. The highest BCUT2D eigenvalue weighted by atomic mass is 32.2. The van der Waals surface area contributed by atoms with E-state index in [9.17, 15) is 10.2 Å². The molecule has 0 saturated carbocycles. The van der Waals surface area contributed by atoms with Crippen molar-refractivity contribution < 1.29 is 10.2 Å². The minimum atomic E-state index is 0.192. The lowest BCUT2D eigenvalue weighted by Crippen LogP contribution is -1.69. The molecule has 16 heavy (non-hydrogen) atoms. The molecule has 2 nitrogen and oxygen atoms in total. The van der Waals surface area contributed by atoms with Crippen LogP contribution < -0.4 is 0 Å². The SMILES string of the molecule is Oc1c2sc(=S)sc2c(O)c2sc(=S)sc12. The number of fused-ring (bicyclic) bond motifs is 2. The van der Waals surface area contributed by atoms with Crippen molar-refractivity contribution >= 4 is 88.6 Å². The second-order valence-electron chi connectivity index (χ2n) is 2.92. The van der Waals surface area contributed by atoms with Gasteiger partial charge in [-0.15, -0.1) is 45.3 Å². The lowest BCUT2D eigenvalue weighted by atomic mass is 10.3. The van der Waals surface area contributed by atoms with Crippen LogP contribution in [0, 0.1) is 6.28 Å². The van der Waals surface area contributed by atoms with E-state index in [1.54, 1.807) is 0 Å². The second-order valence-corrected chi connectivity index (χ2v) is 9.37. The van der Waals surface area contributed by atoms with Crippen molar-refractivity contribution in [2.24, 2.45) is 0 Å². The predicted molar refractivity (Wildman–Crippen MR) is 78.0 cm³/mol. The molecule has 0 aliphatic heterocycles. The van der Waals surface area contributed by atoms with Crippen LogP contribution in [0.15, 0.2) is 0 Å². The summed E-state index contributed by atoms with van der Waals surface area (Å²) < 4.78 is 4.02. The van der Waals surface area contributed by atoms with Crippen LogP contribution in [0.5, 0.6) is 11.5 Å². The molecule has 2 heterocycles. The largest absolute Gasteiger partial charge is 0.505 e. The Bertz CT molecular complexity index is 688. The maximum atomic E-state index is 10.1. The molecule has 0 aliphatic carbocycles. The number of benzene rings is 1. The molecule has 0 spiro atoms. The third kappa shape index (κ3) is 1.45. The van der Waals surface area contributed by atoms with Gasteiger partial charge in [-0.1, -0.05) is 24.4 Å². The van der Waals surface area contributed by atoms with Crippen LogP contribution in [0.3, 0.4) is 0 Å².